The predicted molar refractivity (Wildman–Crippen MR) is 65.4 cm³/mol. The Balaban J connectivity index is 1.99. The van der Waals surface area contributed by atoms with Crippen molar-refractivity contribution in [3.05, 3.63) is 28.8 Å². The van der Waals surface area contributed by atoms with Gasteiger partial charge in [0.15, 0.2) is 6.10 Å². The summed E-state index contributed by atoms with van der Waals surface area (Å²) in [4.78, 5) is 4.54. The number of hydrogen-bond donors (Lipinski definition) is 3. The Labute approximate surface area is 113 Å². The highest BCUT2D eigenvalue weighted by molar-refractivity contribution is 6.33. The van der Waals surface area contributed by atoms with Crippen LogP contribution in [0.2, 0.25) is 5.02 Å². The number of benzene rings is 1. The van der Waals surface area contributed by atoms with E-state index in [0.29, 0.717) is 17.1 Å². The van der Waals surface area contributed by atoms with Gasteiger partial charge in [0.2, 0.25) is 0 Å². The van der Waals surface area contributed by atoms with Crippen LogP contribution in [-0.4, -0.2) is 18.3 Å². The van der Waals surface area contributed by atoms with E-state index >= 15 is 0 Å². The van der Waals surface area contributed by atoms with Gasteiger partial charge in [0, 0.05) is 12.5 Å². The van der Waals surface area contributed by atoms with E-state index in [9.17, 15) is 13.2 Å². The van der Waals surface area contributed by atoms with Crippen LogP contribution in [0.4, 0.5) is 18.9 Å². The second-order valence-corrected chi connectivity index (χ2v) is 4.77. The Kier molecular flexibility index (Phi) is 4.19. The van der Waals surface area contributed by atoms with Gasteiger partial charge in [0.25, 0.3) is 0 Å². The first-order chi connectivity index (χ1) is 8.90. The third-order valence-electron chi connectivity index (χ3n) is 2.91. The molecule has 2 unspecified atom stereocenters. The van der Waals surface area contributed by atoms with Crippen LogP contribution < -0.4 is 16.7 Å². The molecule has 4 N–H and O–H groups in total. The largest absolute Gasteiger partial charge is 0.416 e. The molecule has 0 saturated carbocycles. The highest BCUT2D eigenvalue weighted by atomic mass is 35.5. The number of alkyl halides is 3. The third-order valence-corrected chi connectivity index (χ3v) is 3.24. The highest BCUT2D eigenvalue weighted by Gasteiger charge is 2.45. The number of nitrogen functional groups attached to an aromatic ring is 1. The first-order valence-corrected chi connectivity index (χ1v) is 6.01. The zero-order valence-electron chi connectivity index (χ0n) is 9.80. The minimum absolute atomic E-state index is 0.114. The van der Waals surface area contributed by atoms with Crippen LogP contribution in [0.1, 0.15) is 12.0 Å². The summed E-state index contributed by atoms with van der Waals surface area (Å²) in [5, 5.41) is 0.454. The SMILES string of the molecule is NNc1cc(CC2CC(C(F)(F)F)ON2)ccc1Cl. The van der Waals surface area contributed by atoms with Crippen LogP contribution in [0.25, 0.3) is 0 Å². The summed E-state index contributed by atoms with van der Waals surface area (Å²) in [6.45, 7) is 0. The van der Waals surface area contributed by atoms with Gasteiger partial charge in [0.05, 0.1) is 10.7 Å². The minimum atomic E-state index is -4.34. The first-order valence-electron chi connectivity index (χ1n) is 5.63. The van der Waals surface area contributed by atoms with E-state index in [0.717, 1.165) is 5.56 Å². The van der Waals surface area contributed by atoms with Gasteiger partial charge in [-0.2, -0.15) is 18.7 Å². The number of halogens is 4. The third kappa shape index (κ3) is 3.50. The molecular formula is C11H13ClF3N3O. The van der Waals surface area contributed by atoms with Gasteiger partial charge in [-0.05, 0) is 24.1 Å². The second-order valence-electron chi connectivity index (χ2n) is 4.36. The molecule has 0 aliphatic carbocycles. The fraction of sp³-hybridized carbons (Fsp3) is 0.455. The molecule has 4 nitrogen and oxygen atoms in total. The first kappa shape index (κ1) is 14.4. The number of nitrogens with one attached hydrogen (secondary N) is 2. The number of nitrogens with two attached hydrogens (primary N) is 1. The van der Waals surface area contributed by atoms with E-state index in [1.54, 1.807) is 18.2 Å². The molecule has 1 aromatic carbocycles. The zero-order valence-corrected chi connectivity index (χ0v) is 10.6. The average Bonchev–Trinajstić information content (AvgIpc) is 2.80. The molecule has 2 atom stereocenters. The maximum atomic E-state index is 12.4. The Morgan fingerprint density at radius 3 is 2.79 bits per heavy atom. The van der Waals surface area contributed by atoms with Crippen molar-refractivity contribution in [2.24, 2.45) is 5.84 Å². The van der Waals surface area contributed by atoms with Crippen molar-refractivity contribution in [2.75, 3.05) is 5.43 Å². The molecular weight excluding hydrogens is 283 g/mol. The lowest BCUT2D eigenvalue weighted by Gasteiger charge is -2.12. The van der Waals surface area contributed by atoms with E-state index in [2.05, 4.69) is 15.7 Å². The summed E-state index contributed by atoms with van der Waals surface area (Å²) >= 11 is 5.86. The second kappa shape index (κ2) is 5.54. The lowest BCUT2D eigenvalue weighted by molar-refractivity contribution is -0.218. The Morgan fingerprint density at radius 1 is 1.47 bits per heavy atom. The average molecular weight is 296 g/mol. The number of hydrazine groups is 1. The molecule has 1 fully saturated rings. The minimum Gasteiger partial charge on any atom is -0.323 e. The summed E-state index contributed by atoms with van der Waals surface area (Å²) < 4.78 is 37.3. The molecule has 0 spiro atoms. The molecule has 1 heterocycles. The zero-order chi connectivity index (χ0) is 14.0. The van der Waals surface area contributed by atoms with Crippen molar-refractivity contribution >= 4 is 17.3 Å². The number of rotatable bonds is 3. The molecule has 0 amide bonds. The summed E-state index contributed by atoms with van der Waals surface area (Å²) in [5.41, 5.74) is 6.19. The lowest BCUT2D eigenvalue weighted by atomic mass is 10.0. The van der Waals surface area contributed by atoms with Gasteiger partial charge in [-0.1, -0.05) is 17.7 Å². The van der Waals surface area contributed by atoms with Crippen LogP contribution in [0.5, 0.6) is 0 Å². The quantitative estimate of drug-likeness (QED) is 0.592. The van der Waals surface area contributed by atoms with Crippen molar-refractivity contribution < 1.29 is 18.0 Å². The standard InChI is InChI=1S/C11H13ClF3N3O/c12-8-2-1-6(4-9(8)17-16)3-7-5-10(19-18-7)11(13,14)15/h1-2,4,7,10,17-18H,3,5,16H2. The van der Waals surface area contributed by atoms with Gasteiger partial charge in [-0.25, -0.2) is 0 Å². The number of hydroxylamine groups is 1. The van der Waals surface area contributed by atoms with Crippen LogP contribution >= 0.6 is 11.6 Å². The molecule has 2 rings (SSSR count). The Morgan fingerprint density at radius 2 is 2.21 bits per heavy atom. The molecule has 106 valence electrons. The molecule has 1 aliphatic rings. The van der Waals surface area contributed by atoms with Crippen molar-refractivity contribution in [2.45, 2.75) is 31.2 Å². The molecule has 1 saturated heterocycles. The summed E-state index contributed by atoms with van der Waals surface area (Å²) in [5.74, 6) is 5.28. The molecule has 0 bridgehead atoms. The van der Waals surface area contributed by atoms with Crippen LogP contribution in [-0.2, 0) is 11.3 Å². The molecule has 1 aliphatic heterocycles. The summed E-state index contributed by atoms with van der Waals surface area (Å²) in [7, 11) is 0. The van der Waals surface area contributed by atoms with Crippen molar-refractivity contribution in [3.8, 4) is 0 Å². The van der Waals surface area contributed by atoms with Gasteiger partial charge in [0.1, 0.15) is 0 Å². The lowest BCUT2D eigenvalue weighted by Crippen LogP contribution is -2.28. The van der Waals surface area contributed by atoms with Gasteiger partial charge >= 0.3 is 6.18 Å². The van der Waals surface area contributed by atoms with E-state index < -0.39 is 18.3 Å². The van der Waals surface area contributed by atoms with Crippen LogP contribution in [0.3, 0.4) is 0 Å². The molecule has 8 heteroatoms. The molecule has 0 aromatic heterocycles. The summed E-state index contributed by atoms with van der Waals surface area (Å²) in [6, 6.07) is 4.69. The van der Waals surface area contributed by atoms with Crippen molar-refractivity contribution in [1.29, 1.82) is 0 Å². The van der Waals surface area contributed by atoms with Crippen LogP contribution in [0.15, 0.2) is 18.2 Å². The maximum Gasteiger partial charge on any atom is 0.416 e. The Hall–Kier alpha value is -1.02. The highest BCUT2D eigenvalue weighted by Crippen LogP contribution is 2.30. The van der Waals surface area contributed by atoms with Gasteiger partial charge in [-0.15, -0.1) is 0 Å². The number of anilines is 1. The monoisotopic (exact) mass is 295 g/mol. The maximum absolute atomic E-state index is 12.4. The molecule has 1 aromatic rings. The predicted octanol–water partition coefficient (Wildman–Crippen LogP) is 2.39. The molecule has 19 heavy (non-hydrogen) atoms. The van der Waals surface area contributed by atoms with Gasteiger partial charge in [-0.3, -0.25) is 10.7 Å². The van der Waals surface area contributed by atoms with Crippen molar-refractivity contribution in [1.82, 2.24) is 5.48 Å². The fourth-order valence-electron chi connectivity index (χ4n) is 1.95. The van der Waals surface area contributed by atoms with Crippen molar-refractivity contribution in [3.63, 3.8) is 0 Å². The topological polar surface area (TPSA) is 59.3 Å². The van der Waals surface area contributed by atoms with E-state index in [1.165, 1.54) is 0 Å². The summed E-state index contributed by atoms with van der Waals surface area (Å²) in [6.07, 6.45) is -5.81. The Bertz CT molecular complexity index is 455. The normalized spacial score (nSPS) is 23.6. The van der Waals surface area contributed by atoms with E-state index in [-0.39, 0.29) is 6.42 Å². The molecule has 0 radical (unpaired) electrons. The number of hydrogen-bond acceptors (Lipinski definition) is 4. The smallest absolute Gasteiger partial charge is 0.323 e. The fourth-order valence-corrected chi connectivity index (χ4v) is 2.13. The van der Waals surface area contributed by atoms with E-state index in [4.69, 9.17) is 17.4 Å². The van der Waals surface area contributed by atoms with Gasteiger partial charge < -0.3 is 5.43 Å². The van der Waals surface area contributed by atoms with Crippen LogP contribution in [0, 0.1) is 0 Å². The van der Waals surface area contributed by atoms with E-state index in [1.807, 2.05) is 0 Å².